The highest BCUT2D eigenvalue weighted by Gasteiger charge is 2.25. The molecule has 1 aliphatic rings. The average molecular weight is 470 g/mol. The van der Waals surface area contributed by atoms with Gasteiger partial charge in [0.25, 0.3) is 0 Å². The van der Waals surface area contributed by atoms with E-state index in [4.69, 9.17) is 9.47 Å². The molecule has 178 valence electrons. The number of amides is 2. The number of ether oxygens (including phenoxy) is 2. The highest BCUT2D eigenvalue weighted by Crippen LogP contribution is 2.32. The second-order valence-electron chi connectivity index (χ2n) is 8.40. The van der Waals surface area contributed by atoms with E-state index in [9.17, 15) is 4.79 Å². The predicted molar refractivity (Wildman–Crippen MR) is 137 cm³/mol. The Morgan fingerprint density at radius 1 is 1.00 bits per heavy atom. The van der Waals surface area contributed by atoms with Crippen molar-refractivity contribution >= 4 is 34.0 Å². The third kappa shape index (κ3) is 5.33. The zero-order valence-electron chi connectivity index (χ0n) is 19.5. The number of fused-ring (bicyclic) bond motifs is 1. The lowest BCUT2D eigenvalue weighted by Gasteiger charge is -2.26. The monoisotopic (exact) mass is 469 g/mol. The number of para-hydroxylation sites is 1. The van der Waals surface area contributed by atoms with E-state index in [1.165, 1.54) is 6.33 Å². The maximum absolute atomic E-state index is 12.2. The van der Waals surface area contributed by atoms with Crippen LogP contribution in [0.4, 0.5) is 21.9 Å². The molecule has 5 rings (SSSR count). The first kappa shape index (κ1) is 22.6. The second-order valence-corrected chi connectivity index (χ2v) is 8.40. The highest BCUT2D eigenvalue weighted by molar-refractivity contribution is 5.99. The molecule has 0 saturated carbocycles. The fraction of sp³-hybridized carbons (Fsp3) is 0.222. The molecule has 8 nitrogen and oxygen atoms in total. The summed E-state index contributed by atoms with van der Waals surface area (Å²) < 4.78 is 11.5. The van der Waals surface area contributed by atoms with Gasteiger partial charge in [0.2, 0.25) is 5.88 Å². The number of anilines is 3. The number of carbonyl (C=O) groups is 1. The predicted octanol–water partition coefficient (Wildman–Crippen LogP) is 5.68. The molecule has 0 radical (unpaired) electrons. The Hall–Kier alpha value is -4.17. The van der Waals surface area contributed by atoms with Crippen LogP contribution in [-0.4, -0.2) is 42.3 Å². The minimum absolute atomic E-state index is 0.312. The standard InChI is InChI=1S/C27H27N5O3/c1-34-17-22-8-5-15-32(22)21-11-14-24-25(16-21)28-18-29-26(24)35-23-12-9-20(10-13-23)31-27(33)30-19-6-3-2-4-7-19/h2-4,6-7,9-14,16,18,22H,5,8,15,17H2,1H3,(H2,30,31,33)/t22-/m0/s1. The molecular weight excluding hydrogens is 442 g/mol. The van der Waals surface area contributed by atoms with Crippen LogP contribution in [0.3, 0.4) is 0 Å². The molecule has 1 fully saturated rings. The molecule has 0 spiro atoms. The van der Waals surface area contributed by atoms with Crippen molar-refractivity contribution < 1.29 is 14.3 Å². The molecular formula is C27H27N5O3. The summed E-state index contributed by atoms with van der Waals surface area (Å²) in [4.78, 5) is 23.4. The second kappa shape index (κ2) is 10.4. The number of nitrogens with zero attached hydrogens (tertiary/aromatic N) is 3. The molecule has 0 unspecified atom stereocenters. The van der Waals surface area contributed by atoms with Crippen molar-refractivity contribution in [3.8, 4) is 11.6 Å². The Morgan fingerprint density at radius 2 is 1.77 bits per heavy atom. The summed E-state index contributed by atoms with van der Waals surface area (Å²) in [7, 11) is 1.75. The maximum Gasteiger partial charge on any atom is 0.323 e. The molecule has 4 aromatic rings. The number of rotatable bonds is 7. The summed E-state index contributed by atoms with van der Waals surface area (Å²) in [6.07, 6.45) is 3.80. The normalized spacial score (nSPS) is 15.2. The zero-order valence-corrected chi connectivity index (χ0v) is 19.5. The van der Waals surface area contributed by atoms with Gasteiger partial charge in [0, 0.05) is 30.7 Å². The van der Waals surface area contributed by atoms with Crippen molar-refractivity contribution in [3.05, 3.63) is 79.1 Å². The minimum atomic E-state index is -0.312. The van der Waals surface area contributed by atoms with Gasteiger partial charge in [-0.1, -0.05) is 18.2 Å². The van der Waals surface area contributed by atoms with Gasteiger partial charge in [-0.3, -0.25) is 0 Å². The lowest BCUT2D eigenvalue weighted by atomic mass is 10.2. The number of benzene rings is 3. The van der Waals surface area contributed by atoms with Gasteiger partial charge in [0.05, 0.1) is 23.6 Å². The fourth-order valence-corrected chi connectivity index (χ4v) is 4.35. The van der Waals surface area contributed by atoms with Crippen molar-refractivity contribution in [2.45, 2.75) is 18.9 Å². The number of aromatic nitrogens is 2. The van der Waals surface area contributed by atoms with Gasteiger partial charge in [-0.25, -0.2) is 14.8 Å². The number of carbonyl (C=O) groups excluding carboxylic acids is 1. The van der Waals surface area contributed by atoms with E-state index >= 15 is 0 Å². The lowest BCUT2D eigenvalue weighted by molar-refractivity contribution is 0.181. The van der Waals surface area contributed by atoms with E-state index in [0.717, 1.165) is 48.3 Å². The van der Waals surface area contributed by atoms with Gasteiger partial charge in [0.15, 0.2) is 0 Å². The quantitative estimate of drug-likeness (QED) is 0.362. The van der Waals surface area contributed by atoms with Crippen LogP contribution in [0.1, 0.15) is 12.8 Å². The van der Waals surface area contributed by atoms with E-state index in [2.05, 4.69) is 37.6 Å². The summed E-state index contributed by atoms with van der Waals surface area (Å²) >= 11 is 0. The molecule has 2 amide bonds. The Morgan fingerprint density at radius 3 is 2.54 bits per heavy atom. The van der Waals surface area contributed by atoms with Crippen molar-refractivity contribution in [1.29, 1.82) is 0 Å². The van der Waals surface area contributed by atoms with Crippen molar-refractivity contribution in [2.24, 2.45) is 0 Å². The number of urea groups is 1. The lowest BCUT2D eigenvalue weighted by Crippen LogP contribution is -2.32. The molecule has 1 aromatic heterocycles. The van der Waals surface area contributed by atoms with Gasteiger partial charge in [-0.05, 0) is 67.4 Å². The Balaban J connectivity index is 1.27. The van der Waals surface area contributed by atoms with Gasteiger partial charge in [0.1, 0.15) is 12.1 Å². The molecule has 3 aromatic carbocycles. The van der Waals surface area contributed by atoms with E-state index in [1.54, 1.807) is 31.4 Å². The summed E-state index contributed by atoms with van der Waals surface area (Å²) in [5.41, 5.74) is 3.33. The first-order chi connectivity index (χ1) is 17.2. The molecule has 8 heteroatoms. The molecule has 1 atom stereocenters. The zero-order chi connectivity index (χ0) is 24.0. The van der Waals surface area contributed by atoms with Crippen LogP contribution in [0.5, 0.6) is 11.6 Å². The largest absolute Gasteiger partial charge is 0.438 e. The summed E-state index contributed by atoms with van der Waals surface area (Å²) in [5.74, 6) is 1.10. The van der Waals surface area contributed by atoms with Crippen LogP contribution in [0, 0.1) is 0 Å². The first-order valence-corrected chi connectivity index (χ1v) is 11.6. The van der Waals surface area contributed by atoms with E-state index < -0.39 is 0 Å². The van der Waals surface area contributed by atoms with Crippen LogP contribution in [0.2, 0.25) is 0 Å². The van der Waals surface area contributed by atoms with Gasteiger partial charge >= 0.3 is 6.03 Å². The molecule has 35 heavy (non-hydrogen) atoms. The van der Waals surface area contributed by atoms with Crippen molar-refractivity contribution in [1.82, 2.24) is 9.97 Å². The molecule has 1 saturated heterocycles. The van der Waals surface area contributed by atoms with Gasteiger partial charge < -0.3 is 25.0 Å². The number of hydrogen-bond acceptors (Lipinski definition) is 6. The average Bonchev–Trinajstić information content (AvgIpc) is 3.34. The van der Waals surface area contributed by atoms with E-state index in [-0.39, 0.29) is 6.03 Å². The van der Waals surface area contributed by atoms with Gasteiger partial charge in [-0.15, -0.1) is 0 Å². The number of hydrogen-bond donors (Lipinski definition) is 2. The third-order valence-electron chi connectivity index (χ3n) is 6.01. The topological polar surface area (TPSA) is 88.6 Å². The maximum atomic E-state index is 12.2. The van der Waals surface area contributed by atoms with Crippen molar-refractivity contribution in [3.63, 3.8) is 0 Å². The molecule has 2 N–H and O–H groups in total. The third-order valence-corrected chi connectivity index (χ3v) is 6.01. The SMILES string of the molecule is COC[C@@H]1CCCN1c1ccc2c(Oc3ccc(NC(=O)Nc4ccccc4)cc3)ncnc2c1. The van der Waals surface area contributed by atoms with E-state index in [1.807, 2.05) is 36.4 Å². The van der Waals surface area contributed by atoms with Crippen LogP contribution in [-0.2, 0) is 4.74 Å². The Bertz CT molecular complexity index is 1300. The van der Waals surface area contributed by atoms with Crippen LogP contribution >= 0.6 is 0 Å². The Labute approximate surface area is 203 Å². The molecule has 0 aliphatic carbocycles. The minimum Gasteiger partial charge on any atom is -0.438 e. The molecule has 0 bridgehead atoms. The Kier molecular flexibility index (Phi) is 6.72. The van der Waals surface area contributed by atoms with Crippen LogP contribution in [0.25, 0.3) is 10.9 Å². The van der Waals surface area contributed by atoms with Gasteiger partial charge in [-0.2, -0.15) is 0 Å². The molecule has 1 aliphatic heterocycles. The van der Waals surface area contributed by atoms with Crippen LogP contribution < -0.4 is 20.3 Å². The van der Waals surface area contributed by atoms with Crippen molar-refractivity contribution in [2.75, 3.05) is 35.8 Å². The fourth-order valence-electron chi connectivity index (χ4n) is 4.35. The first-order valence-electron chi connectivity index (χ1n) is 11.6. The summed E-state index contributed by atoms with van der Waals surface area (Å²) in [5, 5.41) is 6.44. The van der Waals surface area contributed by atoms with E-state index in [0.29, 0.717) is 23.4 Å². The number of methoxy groups -OCH3 is 1. The van der Waals surface area contributed by atoms with Crippen LogP contribution in [0.15, 0.2) is 79.1 Å². The number of nitrogens with one attached hydrogen (secondary N) is 2. The smallest absolute Gasteiger partial charge is 0.323 e. The highest BCUT2D eigenvalue weighted by atomic mass is 16.5. The summed E-state index contributed by atoms with van der Waals surface area (Å²) in [6, 6.07) is 22.7. The molecule has 2 heterocycles. The summed E-state index contributed by atoms with van der Waals surface area (Å²) in [6.45, 7) is 1.73.